The van der Waals surface area contributed by atoms with Crippen molar-refractivity contribution < 1.29 is 14.3 Å². The molecule has 0 aliphatic heterocycles. The molecule has 1 atom stereocenters. The molecule has 0 rings (SSSR count). The molecule has 154 valence electrons. The van der Waals surface area contributed by atoms with Gasteiger partial charge in [-0.05, 0) is 44.4 Å². The molecule has 0 fully saturated rings. The molecule has 0 heterocycles. The first-order valence-electron chi connectivity index (χ1n) is 10.4. The summed E-state index contributed by atoms with van der Waals surface area (Å²) in [5.41, 5.74) is 5.66. The minimum absolute atomic E-state index is 0.0293. The number of rotatable bonds is 15. The first kappa shape index (κ1) is 25.3. The normalized spacial score (nSPS) is 13.2. The fraction of sp³-hybridized carbons (Fsp3) is 0.652. The molecule has 0 aliphatic carbocycles. The Balaban J connectivity index is 3.51. The van der Waals surface area contributed by atoms with Crippen molar-refractivity contribution in [1.29, 1.82) is 0 Å². The van der Waals surface area contributed by atoms with Crippen molar-refractivity contribution in [3.63, 3.8) is 0 Å². The lowest BCUT2D eigenvalue weighted by atomic mass is 10.1. The number of ether oxygens (including phenoxy) is 1. The molecular formula is C23H39NO3. The maximum atomic E-state index is 11.6. The highest BCUT2D eigenvalue weighted by Gasteiger charge is 2.21. The molecule has 0 radical (unpaired) electrons. The molecule has 2 N–H and O–H groups in total. The molecule has 27 heavy (non-hydrogen) atoms. The van der Waals surface area contributed by atoms with Crippen LogP contribution >= 0.6 is 0 Å². The number of hydrogen-bond acceptors (Lipinski definition) is 4. The van der Waals surface area contributed by atoms with Crippen molar-refractivity contribution in [2.24, 2.45) is 11.7 Å². The van der Waals surface area contributed by atoms with Crippen LogP contribution in [0.1, 0.15) is 85.0 Å². The highest BCUT2D eigenvalue weighted by molar-refractivity contribution is 5.88. The Morgan fingerprint density at radius 3 is 2.04 bits per heavy atom. The maximum Gasteiger partial charge on any atom is 0.330 e. The van der Waals surface area contributed by atoms with E-state index in [0.29, 0.717) is 0 Å². The van der Waals surface area contributed by atoms with Crippen LogP contribution in [0.2, 0.25) is 0 Å². The molecule has 1 unspecified atom stereocenters. The molecular weight excluding hydrogens is 338 g/mol. The minimum Gasteiger partial charge on any atom is -0.392 e. The summed E-state index contributed by atoms with van der Waals surface area (Å²) in [6.45, 7) is 5.80. The molecule has 0 aliphatic rings. The Kier molecular flexibility index (Phi) is 16.6. The van der Waals surface area contributed by atoms with Crippen LogP contribution < -0.4 is 5.73 Å². The zero-order valence-electron chi connectivity index (χ0n) is 17.5. The van der Waals surface area contributed by atoms with Crippen molar-refractivity contribution in [3.8, 4) is 0 Å². The zero-order valence-corrected chi connectivity index (χ0v) is 17.5. The van der Waals surface area contributed by atoms with E-state index in [0.717, 1.165) is 51.4 Å². The van der Waals surface area contributed by atoms with Crippen LogP contribution in [0.25, 0.3) is 0 Å². The van der Waals surface area contributed by atoms with Gasteiger partial charge in [0, 0.05) is 6.42 Å². The van der Waals surface area contributed by atoms with E-state index >= 15 is 0 Å². The Morgan fingerprint density at radius 1 is 0.852 bits per heavy atom. The van der Waals surface area contributed by atoms with Crippen molar-refractivity contribution in [3.05, 3.63) is 36.5 Å². The Hall–Kier alpha value is -1.68. The molecule has 0 saturated heterocycles. The van der Waals surface area contributed by atoms with Gasteiger partial charge in [0.25, 0.3) is 0 Å². The lowest BCUT2D eigenvalue weighted by Gasteiger charge is -2.13. The Bertz CT molecular complexity index is 478. The third-order valence-electron chi connectivity index (χ3n) is 4.24. The van der Waals surface area contributed by atoms with E-state index in [-0.39, 0.29) is 12.3 Å². The lowest BCUT2D eigenvalue weighted by molar-refractivity contribution is -0.161. The third-order valence-corrected chi connectivity index (χ3v) is 4.24. The van der Waals surface area contributed by atoms with E-state index in [1.807, 2.05) is 13.8 Å². The summed E-state index contributed by atoms with van der Waals surface area (Å²) in [5.74, 6) is -1.11. The van der Waals surface area contributed by atoms with Crippen molar-refractivity contribution in [2.45, 2.75) is 91.0 Å². The second kappa shape index (κ2) is 17.7. The summed E-state index contributed by atoms with van der Waals surface area (Å²) in [6.07, 6.45) is 22.9. The number of hydrogen-bond donors (Lipinski definition) is 1. The molecule has 0 amide bonds. The highest BCUT2D eigenvalue weighted by Crippen LogP contribution is 2.09. The number of unbranched alkanes of at least 4 members (excludes halogenated alkanes) is 5. The molecule has 0 saturated carbocycles. The van der Waals surface area contributed by atoms with Gasteiger partial charge in [0.1, 0.15) is 6.04 Å². The summed E-state index contributed by atoms with van der Waals surface area (Å²) in [4.78, 5) is 23.2. The van der Waals surface area contributed by atoms with Gasteiger partial charge in [0.15, 0.2) is 0 Å². The summed E-state index contributed by atoms with van der Waals surface area (Å²) >= 11 is 0. The number of carbonyl (C=O) groups excluding carboxylic acids is 2. The fourth-order valence-corrected chi connectivity index (χ4v) is 2.39. The molecule has 0 aromatic carbocycles. The quantitative estimate of drug-likeness (QED) is 0.174. The van der Waals surface area contributed by atoms with E-state index in [1.165, 1.54) is 6.42 Å². The smallest absolute Gasteiger partial charge is 0.330 e. The Morgan fingerprint density at radius 2 is 1.41 bits per heavy atom. The predicted molar refractivity (Wildman–Crippen MR) is 113 cm³/mol. The molecule has 4 heteroatoms. The van der Waals surface area contributed by atoms with Gasteiger partial charge in [-0.1, -0.05) is 76.5 Å². The summed E-state index contributed by atoms with van der Waals surface area (Å²) in [6, 6.07) is -0.726. The van der Waals surface area contributed by atoms with Crippen LogP contribution in [-0.2, 0) is 14.3 Å². The Labute approximate surface area is 165 Å². The van der Waals surface area contributed by atoms with Gasteiger partial charge in [0.2, 0.25) is 0 Å². The van der Waals surface area contributed by atoms with Gasteiger partial charge < -0.3 is 10.5 Å². The highest BCUT2D eigenvalue weighted by atomic mass is 16.6. The first-order valence-corrected chi connectivity index (χ1v) is 10.4. The number of esters is 2. The van der Waals surface area contributed by atoms with Gasteiger partial charge in [0.05, 0.1) is 0 Å². The van der Waals surface area contributed by atoms with E-state index < -0.39 is 18.0 Å². The minimum atomic E-state index is -0.726. The second-order valence-electron chi connectivity index (χ2n) is 7.16. The fourth-order valence-electron chi connectivity index (χ4n) is 2.39. The van der Waals surface area contributed by atoms with Gasteiger partial charge >= 0.3 is 11.9 Å². The zero-order chi connectivity index (χ0) is 20.3. The van der Waals surface area contributed by atoms with Gasteiger partial charge in [-0.2, -0.15) is 0 Å². The van der Waals surface area contributed by atoms with E-state index in [4.69, 9.17) is 10.5 Å². The SMILES string of the molecule is CC/C=C\C/C=C\C/C=C\CCCCCCCC(=O)OC(=O)C(N)C(C)C. The van der Waals surface area contributed by atoms with Crippen LogP contribution in [0, 0.1) is 5.92 Å². The average molecular weight is 378 g/mol. The standard InChI is InChI=1S/C23H39NO3/c1-4-5-6-7-8-9-10-11-12-13-14-15-16-17-18-19-21(25)27-23(26)22(24)20(2)3/h5-6,8-9,11-12,20,22H,4,7,10,13-19,24H2,1-3H3/b6-5-,9-8-,12-11-. The predicted octanol–water partition coefficient (Wildman–Crippen LogP) is 5.63. The number of carbonyl (C=O) groups is 2. The van der Waals surface area contributed by atoms with Gasteiger partial charge in [-0.25, -0.2) is 4.79 Å². The summed E-state index contributed by atoms with van der Waals surface area (Å²) in [5, 5.41) is 0. The van der Waals surface area contributed by atoms with Gasteiger partial charge in [-0.15, -0.1) is 0 Å². The lowest BCUT2D eigenvalue weighted by Crippen LogP contribution is -2.38. The molecule has 0 aromatic rings. The summed E-state index contributed by atoms with van der Waals surface area (Å²) < 4.78 is 4.77. The van der Waals surface area contributed by atoms with Crippen LogP contribution in [0.3, 0.4) is 0 Å². The first-order chi connectivity index (χ1) is 13.0. The maximum absolute atomic E-state index is 11.6. The van der Waals surface area contributed by atoms with Crippen LogP contribution in [0.4, 0.5) is 0 Å². The van der Waals surface area contributed by atoms with Crippen molar-refractivity contribution >= 4 is 11.9 Å². The van der Waals surface area contributed by atoms with Crippen LogP contribution in [0.5, 0.6) is 0 Å². The average Bonchev–Trinajstić information content (AvgIpc) is 2.64. The monoisotopic (exact) mass is 377 g/mol. The molecule has 0 bridgehead atoms. The van der Waals surface area contributed by atoms with Crippen molar-refractivity contribution in [2.75, 3.05) is 0 Å². The van der Waals surface area contributed by atoms with Crippen LogP contribution in [0.15, 0.2) is 36.5 Å². The number of nitrogens with two attached hydrogens (primary N) is 1. The van der Waals surface area contributed by atoms with E-state index in [1.54, 1.807) is 0 Å². The third kappa shape index (κ3) is 16.2. The second-order valence-corrected chi connectivity index (χ2v) is 7.16. The van der Waals surface area contributed by atoms with Gasteiger partial charge in [-0.3, -0.25) is 4.79 Å². The van der Waals surface area contributed by atoms with E-state index in [2.05, 4.69) is 43.4 Å². The van der Waals surface area contributed by atoms with E-state index in [9.17, 15) is 9.59 Å². The van der Waals surface area contributed by atoms with Crippen molar-refractivity contribution in [1.82, 2.24) is 0 Å². The summed E-state index contributed by atoms with van der Waals surface area (Å²) in [7, 11) is 0. The van der Waals surface area contributed by atoms with Crippen LogP contribution in [-0.4, -0.2) is 18.0 Å². The largest absolute Gasteiger partial charge is 0.392 e. The topological polar surface area (TPSA) is 69.4 Å². The molecule has 4 nitrogen and oxygen atoms in total. The number of allylic oxidation sites excluding steroid dienone is 6. The molecule has 0 spiro atoms. The molecule has 0 aromatic heterocycles.